The molecule has 0 amide bonds. The Balaban J connectivity index is 0.000000286. The largest absolute Gasteiger partial charge is 0.497 e. The molecule has 0 radical (unpaired) electrons. The van der Waals surface area contributed by atoms with Gasteiger partial charge in [-0.25, -0.2) is 13.8 Å². The average molecular weight is 719 g/mol. The van der Waals surface area contributed by atoms with Crippen molar-refractivity contribution < 1.29 is 27.5 Å². The van der Waals surface area contributed by atoms with Crippen molar-refractivity contribution in [2.24, 2.45) is 0 Å². The summed E-state index contributed by atoms with van der Waals surface area (Å²) in [5.74, 6) is 1.64. The zero-order chi connectivity index (χ0) is 37.5. The Hall–Kier alpha value is -5.03. The predicted molar refractivity (Wildman–Crippen MR) is 204 cm³/mol. The Kier molecular flexibility index (Phi) is 15.8. The van der Waals surface area contributed by atoms with Crippen molar-refractivity contribution in [3.63, 3.8) is 0 Å². The molecule has 0 N–H and O–H groups in total. The molecule has 0 aliphatic heterocycles. The molecule has 0 unspecified atom stereocenters. The minimum atomic E-state index is -0.605. The number of fused-ring (bicyclic) bond motifs is 1. The molecule has 2 heterocycles. The molecule has 51 heavy (non-hydrogen) atoms. The van der Waals surface area contributed by atoms with Crippen molar-refractivity contribution >= 4 is 28.3 Å². The van der Waals surface area contributed by atoms with Crippen LogP contribution in [0, 0.1) is 25.5 Å². The summed E-state index contributed by atoms with van der Waals surface area (Å²) < 4.78 is 53.8. The second-order valence-corrected chi connectivity index (χ2v) is 12.3. The minimum absolute atomic E-state index is 0.146. The number of benzene rings is 4. The normalized spacial score (nSPS) is 10.2. The van der Waals surface area contributed by atoms with Crippen LogP contribution in [0.5, 0.6) is 23.0 Å². The molecule has 0 saturated carbocycles. The SMILES string of the molecule is CC.CCCc1ccc(Oc2cc(F)c(C)cc2F)c(-c2ccc3onc(N(C)C)c3c2)c1.CCc1ccc(OC)cc1OC.Cc1ncns1. The van der Waals surface area contributed by atoms with Crippen LogP contribution in [0.4, 0.5) is 14.6 Å². The fourth-order valence-electron chi connectivity index (χ4n) is 4.95. The van der Waals surface area contributed by atoms with Crippen molar-refractivity contribution in [3.8, 4) is 34.1 Å². The van der Waals surface area contributed by atoms with Crippen LogP contribution in [0.3, 0.4) is 0 Å². The molecule has 6 rings (SSSR count). The summed E-state index contributed by atoms with van der Waals surface area (Å²) in [7, 11) is 7.12. The topological polar surface area (TPSA) is 82.7 Å². The fourth-order valence-corrected chi connectivity index (χ4v) is 5.29. The number of rotatable bonds is 9. The standard InChI is InChI=1S/C25H24F2N2O2.C10H14O2.C3H4N2S.C2H6/c1-5-6-16-7-9-22(30-24-14-20(26)15(2)11-21(24)27)18(12-16)17-8-10-23-19(13-17)25(28-31-23)29(3)4;1-4-8-5-6-9(11-2)7-10(8)12-3;1-3-4-2-5-6-3;1-2/h7-14H,5-6H2,1-4H3;5-7H,4H2,1-3H3;2H,1H3;1-2H3. The van der Waals surface area contributed by atoms with E-state index in [0.717, 1.165) is 75.8 Å². The number of anilines is 1. The van der Waals surface area contributed by atoms with E-state index >= 15 is 0 Å². The molecule has 0 fully saturated rings. The van der Waals surface area contributed by atoms with Crippen molar-refractivity contribution in [3.05, 3.63) is 106 Å². The number of hydrogen-bond acceptors (Lipinski definition) is 9. The van der Waals surface area contributed by atoms with Gasteiger partial charge in [-0.2, -0.15) is 4.37 Å². The first-order valence-corrected chi connectivity index (χ1v) is 17.6. The van der Waals surface area contributed by atoms with Gasteiger partial charge in [0.15, 0.2) is 23.0 Å². The van der Waals surface area contributed by atoms with E-state index in [0.29, 0.717) is 11.3 Å². The predicted octanol–water partition coefficient (Wildman–Crippen LogP) is 11.0. The molecule has 272 valence electrons. The van der Waals surface area contributed by atoms with E-state index < -0.39 is 11.6 Å². The second kappa shape index (κ2) is 20.0. The van der Waals surface area contributed by atoms with Gasteiger partial charge in [-0.1, -0.05) is 57.5 Å². The molecule has 6 aromatic rings. The summed E-state index contributed by atoms with van der Waals surface area (Å²) >= 11 is 1.42. The van der Waals surface area contributed by atoms with Crippen LogP contribution >= 0.6 is 11.5 Å². The van der Waals surface area contributed by atoms with E-state index in [2.05, 4.69) is 28.4 Å². The third-order valence-electron chi connectivity index (χ3n) is 7.55. The number of aryl methyl sites for hydroxylation is 4. The highest BCUT2D eigenvalue weighted by atomic mass is 32.1. The molecular formula is C40H48F2N4O4S. The number of nitrogens with zero attached hydrogens (tertiary/aromatic N) is 4. The summed E-state index contributed by atoms with van der Waals surface area (Å²) in [5, 5.41) is 6.01. The van der Waals surface area contributed by atoms with Crippen LogP contribution in [-0.2, 0) is 12.8 Å². The van der Waals surface area contributed by atoms with Crippen molar-refractivity contribution in [1.29, 1.82) is 0 Å². The lowest BCUT2D eigenvalue weighted by molar-refractivity contribution is 0.391. The Labute approximate surface area is 304 Å². The van der Waals surface area contributed by atoms with E-state index in [4.69, 9.17) is 18.7 Å². The van der Waals surface area contributed by atoms with Crippen LogP contribution in [0.15, 0.2) is 77.6 Å². The molecule has 0 atom stereocenters. The van der Waals surface area contributed by atoms with Crippen LogP contribution < -0.4 is 19.1 Å². The monoisotopic (exact) mass is 718 g/mol. The Morgan fingerprint density at radius 2 is 1.59 bits per heavy atom. The maximum Gasteiger partial charge on any atom is 0.179 e. The quantitative estimate of drug-likeness (QED) is 0.146. The first-order valence-electron chi connectivity index (χ1n) is 16.9. The highest BCUT2D eigenvalue weighted by Gasteiger charge is 2.16. The number of hydrogen-bond donors (Lipinski definition) is 0. The van der Waals surface area contributed by atoms with Gasteiger partial charge in [0, 0.05) is 31.8 Å². The molecule has 0 bridgehead atoms. The van der Waals surface area contributed by atoms with Crippen LogP contribution in [0.2, 0.25) is 0 Å². The van der Waals surface area contributed by atoms with Crippen LogP contribution in [-0.4, -0.2) is 42.8 Å². The second-order valence-electron chi connectivity index (χ2n) is 11.3. The Morgan fingerprint density at radius 3 is 2.18 bits per heavy atom. The van der Waals surface area contributed by atoms with E-state index in [9.17, 15) is 8.78 Å². The molecule has 4 aromatic carbocycles. The van der Waals surface area contributed by atoms with Crippen molar-refractivity contribution in [2.75, 3.05) is 33.2 Å². The molecule has 0 spiro atoms. The molecule has 11 heteroatoms. The molecule has 0 saturated heterocycles. The summed E-state index contributed by atoms with van der Waals surface area (Å²) in [4.78, 5) is 5.70. The maximum atomic E-state index is 14.4. The van der Waals surface area contributed by atoms with Crippen LogP contribution in [0.1, 0.15) is 55.8 Å². The average Bonchev–Trinajstić information content (AvgIpc) is 3.81. The van der Waals surface area contributed by atoms with E-state index in [1.54, 1.807) is 20.5 Å². The molecule has 0 aliphatic rings. The van der Waals surface area contributed by atoms with Crippen molar-refractivity contribution in [1.82, 2.24) is 14.5 Å². The van der Waals surface area contributed by atoms with Gasteiger partial charge in [0.2, 0.25) is 0 Å². The summed E-state index contributed by atoms with van der Waals surface area (Å²) in [5.41, 5.74) is 4.92. The zero-order valence-electron chi connectivity index (χ0n) is 31.1. The molecule has 2 aromatic heterocycles. The number of aromatic nitrogens is 3. The number of methoxy groups -OCH3 is 2. The first-order chi connectivity index (χ1) is 24.6. The van der Waals surface area contributed by atoms with Crippen LogP contribution in [0.25, 0.3) is 22.1 Å². The third-order valence-corrected chi connectivity index (χ3v) is 8.12. The van der Waals surface area contributed by atoms with Gasteiger partial charge in [-0.05, 0) is 96.9 Å². The van der Waals surface area contributed by atoms with Gasteiger partial charge >= 0.3 is 0 Å². The number of ether oxygens (including phenoxy) is 3. The molecular weight excluding hydrogens is 671 g/mol. The van der Waals surface area contributed by atoms with Crippen molar-refractivity contribution in [2.45, 2.75) is 60.8 Å². The van der Waals surface area contributed by atoms with Gasteiger partial charge in [0.1, 0.15) is 34.4 Å². The lowest BCUT2D eigenvalue weighted by atomic mass is 9.99. The Bertz CT molecular complexity index is 1960. The summed E-state index contributed by atoms with van der Waals surface area (Å²) in [6.45, 7) is 11.7. The lowest BCUT2D eigenvalue weighted by Crippen LogP contribution is -2.08. The highest BCUT2D eigenvalue weighted by molar-refractivity contribution is 7.05. The van der Waals surface area contributed by atoms with E-state index in [1.165, 1.54) is 24.0 Å². The summed E-state index contributed by atoms with van der Waals surface area (Å²) in [6.07, 6.45) is 4.43. The van der Waals surface area contributed by atoms with E-state index in [-0.39, 0.29) is 11.3 Å². The fraction of sp³-hybridized carbons (Fsp3) is 0.325. The summed E-state index contributed by atoms with van der Waals surface area (Å²) in [6, 6.07) is 19.6. The molecule has 8 nitrogen and oxygen atoms in total. The van der Waals surface area contributed by atoms with E-state index in [1.807, 2.05) is 94.4 Å². The van der Waals surface area contributed by atoms with Gasteiger partial charge < -0.3 is 23.6 Å². The van der Waals surface area contributed by atoms with Gasteiger partial charge in [-0.15, -0.1) is 0 Å². The lowest BCUT2D eigenvalue weighted by Gasteiger charge is -2.15. The highest BCUT2D eigenvalue weighted by Crippen LogP contribution is 2.38. The Morgan fingerprint density at radius 1 is 0.824 bits per heavy atom. The number of halogens is 2. The molecule has 0 aliphatic carbocycles. The van der Waals surface area contributed by atoms with Gasteiger partial charge in [-0.3, -0.25) is 0 Å². The maximum absolute atomic E-state index is 14.4. The minimum Gasteiger partial charge on any atom is -0.497 e. The smallest absolute Gasteiger partial charge is 0.179 e. The zero-order valence-corrected chi connectivity index (χ0v) is 32.0. The van der Waals surface area contributed by atoms with Gasteiger partial charge in [0.25, 0.3) is 0 Å². The third kappa shape index (κ3) is 11.0. The van der Waals surface area contributed by atoms with Gasteiger partial charge in [0.05, 0.1) is 19.6 Å². The first kappa shape index (κ1) is 40.4.